The van der Waals surface area contributed by atoms with Crippen LogP contribution in [0.25, 0.3) is 33.7 Å². The number of rotatable bonds is 5. The third kappa shape index (κ3) is 3.50. The van der Waals surface area contributed by atoms with E-state index in [1.54, 1.807) is 18.5 Å². The molecule has 148 valence electrons. The van der Waals surface area contributed by atoms with Crippen molar-refractivity contribution in [3.63, 3.8) is 0 Å². The van der Waals surface area contributed by atoms with Crippen molar-refractivity contribution in [3.8, 4) is 22.6 Å². The molecule has 0 fully saturated rings. The summed E-state index contributed by atoms with van der Waals surface area (Å²) in [6.07, 6.45) is 3.48. The van der Waals surface area contributed by atoms with Gasteiger partial charge in [0.1, 0.15) is 11.5 Å². The van der Waals surface area contributed by atoms with Gasteiger partial charge in [-0.05, 0) is 42.8 Å². The van der Waals surface area contributed by atoms with Gasteiger partial charge in [-0.1, -0.05) is 18.2 Å². The number of aryl methyl sites for hydroxylation is 1. The molecule has 0 atom stereocenters. The van der Waals surface area contributed by atoms with Crippen LogP contribution in [-0.4, -0.2) is 30.1 Å². The second kappa shape index (κ2) is 7.40. The first-order valence-electron chi connectivity index (χ1n) is 9.47. The van der Waals surface area contributed by atoms with E-state index in [0.29, 0.717) is 18.1 Å². The average Bonchev–Trinajstić information content (AvgIpc) is 3.39. The maximum atomic E-state index is 13.5. The predicted octanol–water partition coefficient (Wildman–Crippen LogP) is 4.47. The molecule has 30 heavy (non-hydrogen) atoms. The zero-order valence-corrected chi connectivity index (χ0v) is 16.1. The summed E-state index contributed by atoms with van der Waals surface area (Å²) in [4.78, 5) is 17.1. The number of hydrogen-bond donors (Lipinski definition) is 3. The van der Waals surface area contributed by atoms with Crippen molar-refractivity contribution in [1.29, 1.82) is 0 Å². The van der Waals surface area contributed by atoms with Crippen LogP contribution in [0.15, 0.2) is 60.9 Å². The number of nitrogens with zero attached hydrogens (tertiary/aromatic N) is 4. The molecule has 0 aliphatic rings. The van der Waals surface area contributed by atoms with Crippen LogP contribution in [0, 0.1) is 12.7 Å². The standard InChI is InChI=1S/C22H18FN7/c1-13-4-2-7-18(27-13)20-19(15-9-16-12-26-30-21(16)24-11-15)28-22(29-20)25-10-14-5-3-6-17(23)8-14/h2-9,11-12H,10H2,1H3,(H,24,26,30)(H2,25,28,29). The Labute approximate surface area is 171 Å². The van der Waals surface area contributed by atoms with Crippen molar-refractivity contribution in [2.75, 3.05) is 5.32 Å². The lowest BCUT2D eigenvalue weighted by Crippen LogP contribution is -2.01. The summed E-state index contributed by atoms with van der Waals surface area (Å²) in [5.74, 6) is 0.304. The molecule has 0 amide bonds. The number of pyridine rings is 2. The number of halogens is 1. The maximum absolute atomic E-state index is 13.5. The van der Waals surface area contributed by atoms with Crippen LogP contribution < -0.4 is 5.32 Å². The van der Waals surface area contributed by atoms with Crippen LogP contribution in [0.3, 0.4) is 0 Å². The Hall–Kier alpha value is -4.07. The third-order valence-corrected chi connectivity index (χ3v) is 4.76. The minimum Gasteiger partial charge on any atom is -0.352 e. The van der Waals surface area contributed by atoms with E-state index in [0.717, 1.165) is 39.3 Å². The number of imidazole rings is 1. The van der Waals surface area contributed by atoms with Gasteiger partial charge in [-0.3, -0.25) is 10.1 Å². The monoisotopic (exact) mass is 399 g/mol. The number of aromatic amines is 2. The highest BCUT2D eigenvalue weighted by Gasteiger charge is 2.16. The lowest BCUT2D eigenvalue weighted by molar-refractivity contribution is 0.626. The molecule has 0 aliphatic heterocycles. The molecule has 5 rings (SSSR count). The van der Waals surface area contributed by atoms with Gasteiger partial charge in [0.05, 0.1) is 17.6 Å². The summed E-state index contributed by atoms with van der Waals surface area (Å²) in [6, 6.07) is 14.3. The molecule has 8 heteroatoms. The summed E-state index contributed by atoms with van der Waals surface area (Å²) in [5, 5.41) is 11.0. The fraction of sp³-hybridized carbons (Fsp3) is 0.0909. The van der Waals surface area contributed by atoms with Crippen molar-refractivity contribution < 1.29 is 4.39 Å². The normalized spacial score (nSPS) is 11.1. The lowest BCUT2D eigenvalue weighted by atomic mass is 10.1. The van der Waals surface area contributed by atoms with Gasteiger partial charge in [0.25, 0.3) is 0 Å². The molecule has 3 N–H and O–H groups in total. The Morgan fingerprint density at radius 2 is 1.93 bits per heavy atom. The third-order valence-electron chi connectivity index (χ3n) is 4.76. The molecular weight excluding hydrogens is 381 g/mol. The first kappa shape index (κ1) is 18.0. The number of hydrogen-bond acceptors (Lipinski definition) is 5. The quantitative estimate of drug-likeness (QED) is 0.405. The SMILES string of the molecule is Cc1cccc(-c2[nH]c(NCc3cccc(F)c3)nc2-c2cnc3[nH]ncc3c2)n1. The highest BCUT2D eigenvalue weighted by molar-refractivity contribution is 5.84. The molecule has 0 radical (unpaired) electrons. The predicted molar refractivity (Wildman–Crippen MR) is 113 cm³/mol. The number of benzene rings is 1. The molecule has 4 aromatic heterocycles. The van der Waals surface area contributed by atoms with Crippen LogP contribution in [0.2, 0.25) is 0 Å². The number of nitrogens with one attached hydrogen (secondary N) is 3. The fourth-order valence-electron chi connectivity index (χ4n) is 3.33. The van der Waals surface area contributed by atoms with Crippen molar-refractivity contribution in [1.82, 2.24) is 30.1 Å². The van der Waals surface area contributed by atoms with E-state index in [1.165, 1.54) is 12.1 Å². The minimum atomic E-state index is -0.265. The van der Waals surface area contributed by atoms with E-state index in [4.69, 9.17) is 4.98 Å². The first-order chi connectivity index (χ1) is 14.7. The van der Waals surface area contributed by atoms with E-state index in [2.05, 4.69) is 30.5 Å². The highest BCUT2D eigenvalue weighted by atomic mass is 19.1. The van der Waals surface area contributed by atoms with Gasteiger partial charge in [-0.15, -0.1) is 0 Å². The molecular formula is C22H18FN7. The van der Waals surface area contributed by atoms with E-state index < -0.39 is 0 Å². The Morgan fingerprint density at radius 1 is 1.03 bits per heavy atom. The number of aromatic nitrogens is 6. The molecule has 0 unspecified atom stereocenters. The van der Waals surface area contributed by atoms with Crippen LogP contribution >= 0.6 is 0 Å². The van der Waals surface area contributed by atoms with Crippen LogP contribution in [0.5, 0.6) is 0 Å². The van der Waals surface area contributed by atoms with E-state index in [1.807, 2.05) is 37.3 Å². The Morgan fingerprint density at radius 3 is 2.80 bits per heavy atom. The van der Waals surface area contributed by atoms with Gasteiger partial charge in [0, 0.05) is 29.4 Å². The average molecular weight is 399 g/mol. The highest BCUT2D eigenvalue weighted by Crippen LogP contribution is 2.31. The second-order valence-corrected chi connectivity index (χ2v) is 6.99. The topological polar surface area (TPSA) is 95.2 Å². The molecule has 4 heterocycles. The van der Waals surface area contributed by atoms with E-state index in [-0.39, 0.29) is 5.82 Å². The molecule has 0 bridgehead atoms. The fourth-order valence-corrected chi connectivity index (χ4v) is 3.33. The molecule has 0 aliphatic carbocycles. The zero-order chi connectivity index (χ0) is 20.5. The van der Waals surface area contributed by atoms with Gasteiger partial charge in [-0.25, -0.2) is 14.4 Å². The van der Waals surface area contributed by atoms with Gasteiger partial charge in [0.2, 0.25) is 5.95 Å². The maximum Gasteiger partial charge on any atom is 0.201 e. The minimum absolute atomic E-state index is 0.265. The summed E-state index contributed by atoms with van der Waals surface area (Å²) in [6.45, 7) is 2.38. The van der Waals surface area contributed by atoms with E-state index >= 15 is 0 Å². The van der Waals surface area contributed by atoms with Gasteiger partial charge >= 0.3 is 0 Å². The Bertz CT molecular complexity index is 1340. The lowest BCUT2D eigenvalue weighted by Gasteiger charge is -2.03. The molecule has 7 nitrogen and oxygen atoms in total. The summed E-state index contributed by atoms with van der Waals surface area (Å²) in [7, 11) is 0. The molecule has 0 saturated heterocycles. The van der Waals surface area contributed by atoms with Crippen molar-refractivity contribution in [3.05, 3.63) is 78.0 Å². The summed E-state index contributed by atoms with van der Waals surface area (Å²) >= 11 is 0. The summed E-state index contributed by atoms with van der Waals surface area (Å²) < 4.78 is 13.5. The summed E-state index contributed by atoms with van der Waals surface area (Å²) in [5.41, 5.74) is 5.58. The Kier molecular flexibility index (Phi) is 4.44. The van der Waals surface area contributed by atoms with Crippen LogP contribution in [0.1, 0.15) is 11.3 Å². The number of fused-ring (bicyclic) bond motifs is 1. The Balaban J connectivity index is 1.55. The molecule has 0 saturated carbocycles. The molecule has 0 spiro atoms. The first-order valence-corrected chi connectivity index (χ1v) is 9.47. The second-order valence-electron chi connectivity index (χ2n) is 6.99. The van der Waals surface area contributed by atoms with Gasteiger partial charge in [0.15, 0.2) is 5.65 Å². The zero-order valence-electron chi connectivity index (χ0n) is 16.1. The van der Waals surface area contributed by atoms with Gasteiger partial charge in [-0.2, -0.15) is 5.10 Å². The number of anilines is 1. The molecule has 5 aromatic rings. The van der Waals surface area contributed by atoms with Gasteiger partial charge < -0.3 is 10.3 Å². The van der Waals surface area contributed by atoms with Crippen molar-refractivity contribution in [2.45, 2.75) is 13.5 Å². The number of H-pyrrole nitrogens is 2. The molecule has 1 aromatic carbocycles. The van der Waals surface area contributed by atoms with E-state index in [9.17, 15) is 4.39 Å². The van der Waals surface area contributed by atoms with Crippen molar-refractivity contribution >= 4 is 17.0 Å². The van der Waals surface area contributed by atoms with Crippen LogP contribution in [0.4, 0.5) is 10.3 Å². The smallest absolute Gasteiger partial charge is 0.201 e. The van der Waals surface area contributed by atoms with Crippen molar-refractivity contribution in [2.24, 2.45) is 0 Å². The largest absolute Gasteiger partial charge is 0.352 e. The van der Waals surface area contributed by atoms with Crippen LogP contribution in [-0.2, 0) is 6.54 Å².